The van der Waals surface area contributed by atoms with Gasteiger partial charge in [-0.25, -0.2) is 4.79 Å². The van der Waals surface area contributed by atoms with Crippen molar-refractivity contribution in [2.24, 2.45) is 5.92 Å². The fraction of sp³-hybridized carbons (Fsp3) is 0.297. The number of aliphatic hydroxyl groups excluding tert-OH is 1. The fourth-order valence-corrected chi connectivity index (χ4v) is 5.51. The van der Waals surface area contributed by atoms with E-state index in [2.05, 4.69) is 41.6 Å². The van der Waals surface area contributed by atoms with Crippen LogP contribution in [0.2, 0.25) is 0 Å². The zero-order chi connectivity index (χ0) is 32.5. The molecule has 3 amide bonds. The van der Waals surface area contributed by atoms with Crippen LogP contribution < -0.4 is 20.1 Å². The first-order valence-corrected chi connectivity index (χ1v) is 15.6. The molecule has 0 saturated heterocycles. The lowest BCUT2D eigenvalue weighted by atomic mass is 10.0. The number of nitrogens with one attached hydrogen (secondary N) is 2. The molecule has 0 fully saturated rings. The van der Waals surface area contributed by atoms with Crippen LogP contribution in [0.1, 0.15) is 25.0 Å². The SMILES string of the molecule is C[C@H](CO)N1C[C@H](C)[C@@H](CN(C)Cc2ccc(Oc3ccccc3)cc2)Oc2ccc(NC(=O)Nc3ccccc3)cc2CC1=O. The van der Waals surface area contributed by atoms with Gasteiger partial charge < -0.3 is 30.1 Å². The van der Waals surface area contributed by atoms with E-state index < -0.39 is 0 Å². The van der Waals surface area contributed by atoms with Crippen molar-refractivity contribution in [3.8, 4) is 17.2 Å². The Morgan fingerprint density at radius 3 is 2.30 bits per heavy atom. The van der Waals surface area contributed by atoms with Gasteiger partial charge in [0.05, 0.1) is 19.1 Å². The van der Waals surface area contributed by atoms with Crippen molar-refractivity contribution in [2.45, 2.75) is 39.0 Å². The Balaban J connectivity index is 1.30. The maximum atomic E-state index is 13.6. The molecule has 46 heavy (non-hydrogen) atoms. The number of aliphatic hydroxyl groups is 1. The van der Waals surface area contributed by atoms with Crippen molar-refractivity contribution in [2.75, 3.05) is 37.4 Å². The quantitative estimate of drug-likeness (QED) is 0.189. The van der Waals surface area contributed by atoms with Crippen LogP contribution in [0.25, 0.3) is 0 Å². The molecule has 0 aromatic heterocycles. The molecule has 9 nitrogen and oxygen atoms in total. The number of rotatable bonds is 10. The second kappa shape index (κ2) is 15.4. The number of nitrogens with zero attached hydrogens (tertiary/aromatic N) is 2. The molecule has 4 aromatic carbocycles. The highest BCUT2D eigenvalue weighted by Crippen LogP contribution is 2.30. The van der Waals surface area contributed by atoms with Gasteiger partial charge in [-0.15, -0.1) is 0 Å². The Hall–Kier alpha value is -4.86. The van der Waals surface area contributed by atoms with Crippen LogP contribution in [0.5, 0.6) is 17.2 Å². The van der Waals surface area contributed by atoms with E-state index in [-0.39, 0.29) is 43.0 Å². The molecule has 1 heterocycles. The molecular weight excluding hydrogens is 580 g/mol. The van der Waals surface area contributed by atoms with E-state index in [4.69, 9.17) is 9.47 Å². The summed E-state index contributed by atoms with van der Waals surface area (Å²) in [4.78, 5) is 30.2. The zero-order valence-corrected chi connectivity index (χ0v) is 26.6. The highest BCUT2D eigenvalue weighted by atomic mass is 16.5. The summed E-state index contributed by atoms with van der Waals surface area (Å²) in [5, 5.41) is 15.6. The average Bonchev–Trinajstić information content (AvgIpc) is 3.09. The van der Waals surface area contributed by atoms with Crippen molar-refractivity contribution >= 4 is 23.3 Å². The lowest BCUT2D eigenvalue weighted by molar-refractivity contribution is -0.134. The number of benzene rings is 4. The average molecular weight is 623 g/mol. The molecule has 1 aliphatic rings. The predicted octanol–water partition coefficient (Wildman–Crippen LogP) is 6.40. The minimum absolute atomic E-state index is 0.0255. The van der Waals surface area contributed by atoms with Gasteiger partial charge in [-0.3, -0.25) is 9.69 Å². The summed E-state index contributed by atoms with van der Waals surface area (Å²) >= 11 is 0. The minimum Gasteiger partial charge on any atom is -0.488 e. The first-order chi connectivity index (χ1) is 22.3. The molecule has 0 radical (unpaired) electrons. The molecule has 0 unspecified atom stereocenters. The van der Waals surface area contributed by atoms with E-state index in [1.807, 2.05) is 73.7 Å². The lowest BCUT2D eigenvalue weighted by Crippen LogP contribution is -2.47. The van der Waals surface area contributed by atoms with Crippen molar-refractivity contribution in [1.82, 2.24) is 9.80 Å². The summed E-state index contributed by atoms with van der Waals surface area (Å²) in [6.45, 7) is 5.54. The van der Waals surface area contributed by atoms with Crippen molar-refractivity contribution in [3.05, 3.63) is 114 Å². The Kier molecular flexibility index (Phi) is 10.9. The van der Waals surface area contributed by atoms with Gasteiger partial charge in [0.25, 0.3) is 0 Å². The van der Waals surface area contributed by atoms with Crippen LogP contribution in [-0.4, -0.2) is 65.7 Å². The molecule has 0 spiro atoms. The van der Waals surface area contributed by atoms with Crippen LogP contribution in [0, 0.1) is 5.92 Å². The normalized spacial score (nSPS) is 17.2. The Bertz CT molecular complexity index is 1580. The summed E-state index contributed by atoms with van der Waals surface area (Å²) in [6.07, 6.45) is -0.161. The number of hydrogen-bond donors (Lipinski definition) is 3. The second-order valence-corrected chi connectivity index (χ2v) is 11.9. The van der Waals surface area contributed by atoms with E-state index in [1.54, 1.807) is 29.2 Å². The van der Waals surface area contributed by atoms with E-state index in [0.717, 1.165) is 17.1 Å². The number of hydrogen-bond acceptors (Lipinski definition) is 6. The van der Waals surface area contributed by atoms with Crippen LogP contribution in [0.3, 0.4) is 0 Å². The van der Waals surface area contributed by atoms with Gasteiger partial charge in [-0.2, -0.15) is 0 Å². The van der Waals surface area contributed by atoms with Crippen LogP contribution in [-0.2, 0) is 17.8 Å². The molecule has 5 rings (SSSR count). The number of likely N-dealkylation sites (N-methyl/N-ethyl adjacent to an activating group) is 1. The van der Waals surface area contributed by atoms with Gasteiger partial charge in [-0.05, 0) is 74.1 Å². The predicted molar refractivity (Wildman–Crippen MR) is 180 cm³/mol. The monoisotopic (exact) mass is 622 g/mol. The van der Waals surface area contributed by atoms with Crippen LogP contribution >= 0.6 is 0 Å². The number of fused-ring (bicyclic) bond motifs is 1. The Morgan fingerprint density at radius 2 is 1.61 bits per heavy atom. The molecule has 0 saturated carbocycles. The van der Waals surface area contributed by atoms with Gasteiger partial charge in [0, 0.05) is 42.5 Å². The number of carbonyl (C=O) groups excluding carboxylic acids is 2. The van der Waals surface area contributed by atoms with Gasteiger partial charge in [0.2, 0.25) is 5.91 Å². The first kappa shape index (κ1) is 32.5. The van der Waals surface area contributed by atoms with Crippen molar-refractivity contribution < 1.29 is 24.2 Å². The highest BCUT2D eigenvalue weighted by Gasteiger charge is 2.31. The molecule has 3 atom stereocenters. The number of urea groups is 1. The molecule has 9 heteroatoms. The third-order valence-corrected chi connectivity index (χ3v) is 8.05. The third kappa shape index (κ3) is 8.87. The van der Waals surface area contributed by atoms with Crippen LogP contribution in [0.15, 0.2) is 103 Å². The molecule has 0 aliphatic carbocycles. The summed E-state index contributed by atoms with van der Waals surface area (Å²) in [7, 11) is 2.05. The largest absolute Gasteiger partial charge is 0.488 e. The topological polar surface area (TPSA) is 103 Å². The van der Waals surface area contributed by atoms with E-state index in [9.17, 15) is 14.7 Å². The number of carbonyl (C=O) groups is 2. The van der Waals surface area contributed by atoms with Gasteiger partial charge in [0.15, 0.2) is 0 Å². The third-order valence-electron chi connectivity index (χ3n) is 8.05. The van der Waals surface area contributed by atoms with Gasteiger partial charge in [-0.1, -0.05) is 55.5 Å². The van der Waals surface area contributed by atoms with E-state index in [1.165, 1.54) is 0 Å². The number of anilines is 2. The molecule has 4 aromatic rings. The van der Waals surface area contributed by atoms with Crippen molar-refractivity contribution in [1.29, 1.82) is 0 Å². The molecule has 240 valence electrons. The second-order valence-electron chi connectivity index (χ2n) is 11.9. The standard InChI is InChI=1S/C37H42N4O5/c1-26-22-41(27(2)25-42)36(43)21-29-20-31(39-37(44)38-30-10-6-4-7-11-30)16-19-34(29)46-35(26)24-40(3)23-28-14-17-33(18-15-28)45-32-12-8-5-9-13-32/h4-20,26-27,35,42H,21-25H2,1-3H3,(H2,38,39,44)/t26-,27+,35+/m0/s1. The Morgan fingerprint density at radius 1 is 0.957 bits per heavy atom. The fourth-order valence-electron chi connectivity index (χ4n) is 5.51. The van der Waals surface area contributed by atoms with Crippen LogP contribution in [0.4, 0.5) is 16.2 Å². The minimum atomic E-state index is -0.384. The van der Waals surface area contributed by atoms with E-state index in [0.29, 0.717) is 42.3 Å². The van der Waals surface area contributed by atoms with Crippen molar-refractivity contribution in [3.63, 3.8) is 0 Å². The summed E-state index contributed by atoms with van der Waals surface area (Å²) < 4.78 is 12.6. The molecular formula is C37H42N4O5. The number of para-hydroxylation sites is 2. The summed E-state index contributed by atoms with van der Waals surface area (Å²) in [5.74, 6) is 2.05. The summed E-state index contributed by atoms with van der Waals surface area (Å²) in [6, 6.07) is 31.6. The summed E-state index contributed by atoms with van der Waals surface area (Å²) in [5.41, 5.74) is 3.03. The smallest absolute Gasteiger partial charge is 0.323 e. The molecule has 1 aliphatic heterocycles. The highest BCUT2D eigenvalue weighted by molar-refractivity contribution is 5.99. The maximum absolute atomic E-state index is 13.6. The molecule has 3 N–H and O–H groups in total. The Labute approximate surface area is 270 Å². The number of ether oxygens (including phenoxy) is 2. The van der Waals surface area contributed by atoms with Gasteiger partial charge >= 0.3 is 6.03 Å². The van der Waals surface area contributed by atoms with Gasteiger partial charge in [0.1, 0.15) is 23.4 Å². The lowest BCUT2D eigenvalue weighted by Gasteiger charge is -2.34. The first-order valence-electron chi connectivity index (χ1n) is 15.6. The maximum Gasteiger partial charge on any atom is 0.323 e. The molecule has 0 bridgehead atoms. The van der Waals surface area contributed by atoms with E-state index >= 15 is 0 Å². The number of amides is 3. The zero-order valence-electron chi connectivity index (χ0n) is 26.6.